The number of hydrogen-bond acceptors (Lipinski definition) is 3. The van der Waals surface area contributed by atoms with Crippen LogP contribution in [-0.2, 0) is 6.54 Å². The number of aromatic nitrogens is 3. The van der Waals surface area contributed by atoms with E-state index in [1.165, 1.54) is 0 Å². The largest absolute Gasteiger partial charge is 0.313 e. The van der Waals surface area contributed by atoms with Gasteiger partial charge >= 0.3 is 0 Å². The van der Waals surface area contributed by atoms with E-state index < -0.39 is 0 Å². The van der Waals surface area contributed by atoms with Crippen LogP contribution in [0.4, 0.5) is 4.39 Å². The van der Waals surface area contributed by atoms with E-state index in [2.05, 4.69) is 15.3 Å². The summed E-state index contributed by atoms with van der Waals surface area (Å²) in [6.45, 7) is 3.28. The van der Waals surface area contributed by atoms with E-state index in [4.69, 9.17) is 0 Å². The van der Waals surface area contributed by atoms with E-state index >= 15 is 0 Å². The lowest BCUT2D eigenvalue weighted by atomic mass is 10.2. The van der Waals surface area contributed by atoms with Gasteiger partial charge in [-0.25, -0.2) is 14.4 Å². The summed E-state index contributed by atoms with van der Waals surface area (Å²) in [5.41, 5.74) is 2.28. The highest BCUT2D eigenvalue weighted by Gasteiger charge is 2.13. The van der Waals surface area contributed by atoms with E-state index in [0.717, 1.165) is 17.6 Å². The SMILES string of the molecule is CCNCc1ccnc(-n2cnc3ccccc32)c1F. The molecule has 20 heavy (non-hydrogen) atoms. The number of hydrogen-bond donors (Lipinski definition) is 1. The summed E-state index contributed by atoms with van der Waals surface area (Å²) in [6, 6.07) is 9.30. The fourth-order valence-electron chi connectivity index (χ4n) is 2.16. The molecule has 0 aliphatic heterocycles. The van der Waals surface area contributed by atoms with Crippen molar-refractivity contribution in [2.24, 2.45) is 0 Å². The molecule has 0 radical (unpaired) electrons. The molecule has 4 nitrogen and oxygen atoms in total. The van der Waals surface area contributed by atoms with Crippen molar-refractivity contribution in [3.8, 4) is 5.82 Å². The van der Waals surface area contributed by atoms with Gasteiger partial charge in [-0.05, 0) is 24.7 Å². The number of rotatable bonds is 4. The maximum absolute atomic E-state index is 14.5. The highest BCUT2D eigenvalue weighted by atomic mass is 19.1. The number of halogens is 1. The van der Waals surface area contributed by atoms with E-state index in [0.29, 0.717) is 12.1 Å². The molecule has 0 saturated heterocycles. The van der Waals surface area contributed by atoms with Gasteiger partial charge < -0.3 is 5.32 Å². The molecular formula is C15H15FN4. The van der Waals surface area contributed by atoms with Crippen molar-refractivity contribution in [2.45, 2.75) is 13.5 Å². The van der Waals surface area contributed by atoms with Crippen molar-refractivity contribution in [1.82, 2.24) is 19.9 Å². The van der Waals surface area contributed by atoms with Crippen molar-refractivity contribution in [3.05, 3.63) is 54.2 Å². The van der Waals surface area contributed by atoms with Gasteiger partial charge in [0.15, 0.2) is 11.6 Å². The number of nitrogens with one attached hydrogen (secondary N) is 1. The molecule has 2 heterocycles. The summed E-state index contributed by atoms with van der Waals surface area (Å²) < 4.78 is 16.2. The Hall–Kier alpha value is -2.27. The van der Waals surface area contributed by atoms with Crippen LogP contribution in [-0.4, -0.2) is 21.1 Å². The van der Waals surface area contributed by atoms with Crippen molar-refractivity contribution in [3.63, 3.8) is 0 Å². The second-order valence-corrected chi connectivity index (χ2v) is 4.49. The molecule has 102 valence electrons. The fraction of sp³-hybridized carbons (Fsp3) is 0.200. The minimum absolute atomic E-state index is 0.286. The Kier molecular flexibility index (Phi) is 3.43. The molecule has 0 spiro atoms. The second kappa shape index (κ2) is 5.38. The maximum Gasteiger partial charge on any atom is 0.175 e. The second-order valence-electron chi connectivity index (χ2n) is 4.49. The van der Waals surface area contributed by atoms with Gasteiger partial charge in [-0.2, -0.15) is 0 Å². The van der Waals surface area contributed by atoms with Crippen LogP contribution in [0.25, 0.3) is 16.9 Å². The molecule has 1 aromatic carbocycles. The molecule has 0 aliphatic carbocycles. The van der Waals surface area contributed by atoms with E-state index in [1.54, 1.807) is 23.2 Å². The predicted molar refractivity (Wildman–Crippen MR) is 76.2 cm³/mol. The Balaban J connectivity index is 2.10. The summed E-state index contributed by atoms with van der Waals surface area (Å²) in [5, 5.41) is 3.12. The highest BCUT2D eigenvalue weighted by Crippen LogP contribution is 2.20. The first kappa shape index (κ1) is 12.7. The van der Waals surface area contributed by atoms with Crippen LogP contribution in [0.5, 0.6) is 0 Å². The summed E-state index contributed by atoms with van der Waals surface area (Å²) in [4.78, 5) is 8.43. The van der Waals surface area contributed by atoms with Crippen molar-refractivity contribution in [1.29, 1.82) is 0 Å². The number of pyridine rings is 1. The summed E-state index contributed by atoms with van der Waals surface area (Å²) in [7, 11) is 0. The maximum atomic E-state index is 14.5. The Labute approximate surface area is 116 Å². The fourth-order valence-corrected chi connectivity index (χ4v) is 2.16. The first-order valence-electron chi connectivity index (χ1n) is 6.58. The molecule has 0 unspecified atom stereocenters. The standard InChI is InChI=1S/C15H15FN4/c1-2-17-9-11-7-8-18-15(14(11)16)20-10-19-12-5-3-4-6-13(12)20/h3-8,10,17H,2,9H2,1H3. The smallest absolute Gasteiger partial charge is 0.175 e. The molecule has 3 rings (SSSR count). The van der Waals surface area contributed by atoms with Crippen molar-refractivity contribution >= 4 is 11.0 Å². The van der Waals surface area contributed by atoms with Crippen LogP contribution >= 0.6 is 0 Å². The molecule has 0 fully saturated rings. The first-order valence-corrected chi connectivity index (χ1v) is 6.58. The number of imidazole rings is 1. The monoisotopic (exact) mass is 270 g/mol. The lowest BCUT2D eigenvalue weighted by molar-refractivity contribution is 0.579. The normalized spacial score (nSPS) is 11.1. The Morgan fingerprint density at radius 3 is 2.90 bits per heavy atom. The highest BCUT2D eigenvalue weighted by molar-refractivity contribution is 5.76. The van der Waals surface area contributed by atoms with Crippen molar-refractivity contribution < 1.29 is 4.39 Å². The Morgan fingerprint density at radius 2 is 2.05 bits per heavy atom. The van der Waals surface area contributed by atoms with Crippen LogP contribution < -0.4 is 5.32 Å². The summed E-state index contributed by atoms with van der Waals surface area (Å²) in [6.07, 6.45) is 3.23. The van der Waals surface area contributed by atoms with Gasteiger partial charge in [0.1, 0.15) is 6.33 Å². The zero-order valence-electron chi connectivity index (χ0n) is 11.2. The van der Waals surface area contributed by atoms with Gasteiger partial charge in [-0.1, -0.05) is 19.1 Å². The van der Waals surface area contributed by atoms with E-state index in [9.17, 15) is 4.39 Å². The van der Waals surface area contributed by atoms with Crippen LogP contribution in [0.3, 0.4) is 0 Å². The Morgan fingerprint density at radius 1 is 1.20 bits per heavy atom. The number of para-hydroxylation sites is 2. The molecule has 1 N–H and O–H groups in total. The van der Waals surface area contributed by atoms with Gasteiger partial charge in [0.05, 0.1) is 11.0 Å². The third kappa shape index (κ3) is 2.16. The molecule has 5 heteroatoms. The topological polar surface area (TPSA) is 42.7 Å². The number of fused-ring (bicyclic) bond motifs is 1. The molecule has 2 aromatic heterocycles. The van der Waals surface area contributed by atoms with Gasteiger partial charge in [0.25, 0.3) is 0 Å². The molecule has 0 saturated carbocycles. The van der Waals surface area contributed by atoms with Gasteiger partial charge in [0, 0.05) is 18.3 Å². The average molecular weight is 270 g/mol. The number of nitrogens with zero attached hydrogens (tertiary/aromatic N) is 3. The van der Waals surface area contributed by atoms with Crippen LogP contribution in [0.15, 0.2) is 42.9 Å². The van der Waals surface area contributed by atoms with Crippen LogP contribution in [0.2, 0.25) is 0 Å². The predicted octanol–water partition coefficient (Wildman–Crippen LogP) is 2.67. The average Bonchev–Trinajstić information content (AvgIpc) is 2.90. The van der Waals surface area contributed by atoms with Gasteiger partial charge in [-0.15, -0.1) is 0 Å². The van der Waals surface area contributed by atoms with Gasteiger partial charge in [-0.3, -0.25) is 4.57 Å². The zero-order valence-corrected chi connectivity index (χ0v) is 11.2. The molecule has 0 aliphatic rings. The van der Waals surface area contributed by atoms with E-state index in [1.807, 2.05) is 31.2 Å². The summed E-state index contributed by atoms with van der Waals surface area (Å²) >= 11 is 0. The third-order valence-electron chi connectivity index (χ3n) is 3.20. The van der Waals surface area contributed by atoms with Crippen LogP contribution in [0.1, 0.15) is 12.5 Å². The third-order valence-corrected chi connectivity index (χ3v) is 3.20. The zero-order chi connectivity index (χ0) is 13.9. The van der Waals surface area contributed by atoms with Crippen LogP contribution in [0, 0.1) is 5.82 Å². The van der Waals surface area contributed by atoms with Crippen molar-refractivity contribution in [2.75, 3.05) is 6.54 Å². The molecular weight excluding hydrogens is 255 g/mol. The number of benzene rings is 1. The quantitative estimate of drug-likeness (QED) is 0.792. The lowest BCUT2D eigenvalue weighted by Crippen LogP contribution is -2.14. The van der Waals surface area contributed by atoms with Gasteiger partial charge in [0.2, 0.25) is 0 Å². The molecule has 0 atom stereocenters. The molecule has 0 bridgehead atoms. The Bertz CT molecular complexity index is 736. The summed E-state index contributed by atoms with van der Waals surface area (Å²) in [5.74, 6) is -0.0225. The first-order chi connectivity index (χ1) is 9.81. The van der Waals surface area contributed by atoms with E-state index in [-0.39, 0.29) is 11.6 Å². The molecule has 0 amide bonds. The minimum Gasteiger partial charge on any atom is -0.313 e. The lowest BCUT2D eigenvalue weighted by Gasteiger charge is -2.09. The molecule has 3 aromatic rings. The minimum atomic E-state index is -0.309.